The van der Waals surface area contributed by atoms with Crippen molar-refractivity contribution in [1.82, 2.24) is 6.15 Å². The molecular formula is C13H16N2O5. The minimum atomic E-state index is -0.984. The number of hydrogen-bond acceptors (Lipinski definition) is 6. The van der Waals surface area contributed by atoms with Crippen LogP contribution in [0.3, 0.4) is 0 Å². The fourth-order valence-electron chi connectivity index (χ4n) is 1.93. The Hall–Kier alpha value is -2.54. The Morgan fingerprint density at radius 3 is 2.65 bits per heavy atom. The lowest BCUT2D eigenvalue weighted by atomic mass is 10.2. The van der Waals surface area contributed by atoms with E-state index in [0.29, 0.717) is 17.6 Å². The number of hydrogen-bond donors (Lipinski definition) is 3. The van der Waals surface area contributed by atoms with Gasteiger partial charge in [-0.2, -0.15) is 0 Å². The SMILES string of the molecule is CCN(CC(=O)O)c1cc(=O)oc2cc(O)ccc12.N. The van der Waals surface area contributed by atoms with Gasteiger partial charge in [0.25, 0.3) is 0 Å². The van der Waals surface area contributed by atoms with Crippen LogP contribution in [0.2, 0.25) is 0 Å². The number of phenols is 1. The molecule has 2 rings (SSSR count). The van der Waals surface area contributed by atoms with E-state index in [4.69, 9.17) is 9.52 Å². The molecule has 1 aromatic heterocycles. The molecule has 0 spiro atoms. The van der Waals surface area contributed by atoms with E-state index >= 15 is 0 Å². The van der Waals surface area contributed by atoms with Crippen molar-refractivity contribution in [3.8, 4) is 5.75 Å². The second-order valence-electron chi connectivity index (χ2n) is 4.04. The third-order valence-electron chi connectivity index (χ3n) is 2.75. The summed E-state index contributed by atoms with van der Waals surface area (Å²) in [6.45, 7) is 2.02. The number of fused-ring (bicyclic) bond motifs is 1. The largest absolute Gasteiger partial charge is 0.508 e. The van der Waals surface area contributed by atoms with Gasteiger partial charge in [-0.25, -0.2) is 4.79 Å². The van der Waals surface area contributed by atoms with Crippen LogP contribution in [0.5, 0.6) is 5.75 Å². The Balaban J connectivity index is 0.00000200. The summed E-state index contributed by atoms with van der Waals surface area (Å²) in [6.07, 6.45) is 0. The smallest absolute Gasteiger partial charge is 0.338 e. The van der Waals surface area contributed by atoms with Crippen molar-refractivity contribution < 1.29 is 19.4 Å². The van der Waals surface area contributed by atoms with E-state index in [1.54, 1.807) is 17.9 Å². The molecule has 7 heteroatoms. The minimum absolute atomic E-state index is 0. The van der Waals surface area contributed by atoms with E-state index in [-0.39, 0.29) is 24.0 Å². The third-order valence-corrected chi connectivity index (χ3v) is 2.75. The Labute approximate surface area is 114 Å². The lowest BCUT2D eigenvalue weighted by Crippen LogP contribution is -2.30. The fraction of sp³-hybridized carbons (Fsp3) is 0.231. The molecule has 0 aliphatic carbocycles. The molecule has 1 aromatic carbocycles. The summed E-state index contributed by atoms with van der Waals surface area (Å²) in [4.78, 5) is 23.9. The van der Waals surface area contributed by atoms with Crippen molar-refractivity contribution in [3.05, 3.63) is 34.7 Å². The number of rotatable bonds is 4. The Morgan fingerprint density at radius 2 is 2.05 bits per heavy atom. The second-order valence-corrected chi connectivity index (χ2v) is 4.04. The van der Waals surface area contributed by atoms with E-state index in [1.165, 1.54) is 18.2 Å². The van der Waals surface area contributed by atoms with Crippen molar-refractivity contribution in [2.45, 2.75) is 6.92 Å². The van der Waals surface area contributed by atoms with Crippen LogP contribution in [0.15, 0.2) is 33.5 Å². The molecule has 108 valence electrons. The van der Waals surface area contributed by atoms with Gasteiger partial charge < -0.3 is 25.7 Å². The van der Waals surface area contributed by atoms with Gasteiger partial charge in [-0.1, -0.05) is 0 Å². The van der Waals surface area contributed by atoms with Crippen LogP contribution in [0.1, 0.15) is 6.92 Å². The first kappa shape index (κ1) is 15.5. The summed E-state index contributed by atoms with van der Waals surface area (Å²) in [5.74, 6) is -1.00. The summed E-state index contributed by atoms with van der Waals surface area (Å²) in [5.41, 5.74) is 0.124. The highest BCUT2D eigenvalue weighted by Gasteiger charge is 2.14. The predicted molar refractivity (Wildman–Crippen MR) is 74.7 cm³/mol. The molecule has 5 N–H and O–H groups in total. The number of carboxylic acids is 1. The van der Waals surface area contributed by atoms with Crippen LogP contribution in [-0.2, 0) is 4.79 Å². The number of anilines is 1. The monoisotopic (exact) mass is 280 g/mol. The van der Waals surface area contributed by atoms with Crippen LogP contribution >= 0.6 is 0 Å². The molecule has 0 fully saturated rings. The van der Waals surface area contributed by atoms with Gasteiger partial charge in [0.1, 0.15) is 17.9 Å². The summed E-state index contributed by atoms with van der Waals surface area (Å²) >= 11 is 0. The summed E-state index contributed by atoms with van der Waals surface area (Å²) in [6, 6.07) is 5.63. The number of aliphatic carboxylic acids is 1. The van der Waals surface area contributed by atoms with Gasteiger partial charge in [-0.3, -0.25) is 4.79 Å². The van der Waals surface area contributed by atoms with E-state index in [0.717, 1.165) is 0 Å². The van der Waals surface area contributed by atoms with Crippen molar-refractivity contribution in [3.63, 3.8) is 0 Å². The second kappa shape index (κ2) is 6.07. The maximum atomic E-state index is 11.5. The van der Waals surface area contributed by atoms with Crippen molar-refractivity contribution in [2.75, 3.05) is 18.0 Å². The third kappa shape index (κ3) is 3.07. The summed E-state index contributed by atoms with van der Waals surface area (Å²) in [5, 5.41) is 18.8. The first-order valence-electron chi connectivity index (χ1n) is 5.75. The number of carbonyl (C=O) groups is 1. The van der Waals surface area contributed by atoms with Gasteiger partial charge in [0, 0.05) is 24.1 Å². The number of benzene rings is 1. The molecule has 0 atom stereocenters. The van der Waals surface area contributed by atoms with Crippen LogP contribution in [0.4, 0.5) is 5.69 Å². The first-order chi connectivity index (χ1) is 9.01. The van der Waals surface area contributed by atoms with Gasteiger partial charge in [-0.05, 0) is 19.1 Å². The maximum Gasteiger partial charge on any atom is 0.338 e. The topological polar surface area (TPSA) is 126 Å². The maximum absolute atomic E-state index is 11.5. The molecule has 0 amide bonds. The van der Waals surface area contributed by atoms with E-state index in [1.807, 2.05) is 0 Å². The molecule has 0 saturated heterocycles. The highest BCUT2D eigenvalue weighted by molar-refractivity contribution is 5.92. The molecule has 0 saturated carbocycles. The Bertz CT molecular complexity index is 680. The van der Waals surface area contributed by atoms with Gasteiger partial charge in [0.2, 0.25) is 0 Å². The molecule has 1 heterocycles. The number of nitrogens with zero attached hydrogens (tertiary/aromatic N) is 1. The van der Waals surface area contributed by atoms with Crippen molar-refractivity contribution in [2.24, 2.45) is 0 Å². The molecule has 0 aliphatic heterocycles. The molecule has 7 nitrogen and oxygen atoms in total. The van der Waals surface area contributed by atoms with E-state index in [2.05, 4.69) is 0 Å². The predicted octanol–water partition coefficient (Wildman–Crippen LogP) is 1.57. The summed E-state index contributed by atoms with van der Waals surface area (Å²) < 4.78 is 4.99. The van der Waals surface area contributed by atoms with Gasteiger partial charge in [0.05, 0.1) is 5.69 Å². The Morgan fingerprint density at radius 1 is 1.35 bits per heavy atom. The molecule has 0 radical (unpaired) electrons. The average Bonchev–Trinajstić information content (AvgIpc) is 2.34. The molecular weight excluding hydrogens is 264 g/mol. The standard InChI is InChI=1S/C13H13NO5.H3N/c1-2-14(7-12(16)17)10-6-13(18)19-11-5-8(15)3-4-9(10)11;/h3-6,15H,2,7H2,1H3,(H,16,17);1H3. The molecule has 20 heavy (non-hydrogen) atoms. The number of carboxylic acid groups (broad SMARTS) is 1. The zero-order valence-corrected chi connectivity index (χ0v) is 11.0. The molecule has 0 bridgehead atoms. The molecule has 0 aliphatic rings. The minimum Gasteiger partial charge on any atom is -0.508 e. The van der Waals surface area contributed by atoms with Crippen LogP contribution in [0.25, 0.3) is 11.0 Å². The number of aromatic hydroxyl groups is 1. The fourth-order valence-corrected chi connectivity index (χ4v) is 1.93. The first-order valence-corrected chi connectivity index (χ1v) is 5.75. The highest BCUT2D eigenvalue weighted by Crippen LogP contribution is 2.27. The van der Waals surface area contributed by atoms with Crippen LogP contribution < -0.4 is 16.7 Å². The zero-order chi connectivity index (χ0) is 14.0. The lowest BCUT2D eigenvalue weighted by Gasteiger charge is -2.21. The Kier molecular flexibility index (Phi) is 4.71. The van der Waals surface area contributed by atoms with Crippen molar-refractivity contribution >= 4 is 22.6 Å². The van der Waals surface area contributed by atoms with E-state index in [9.17, 15) is 14.7 Å². The van der Waals surface area contributed by atoms with Crippen molar-refractivity contribution in [1.29, 1.82) is 0 Å². The normalized spacial score (nSPS) is 10.1. The molecule has 0 unspecified atom stereocenters. The zero-order valence-electron chi connectivity index (χ0n) is 11.0. The summed E-state index contributed by atoms with van der Waals surface area (Å²) in [7, 11) is 0. The van der Waals surface area contributed by atoms with Gasteiger partial charge >= 0.3 is 11.6 Å². The van der Waals surface area contributed by atoms with Crippen LogP contribution in [-0.4, -0.2) is 29.3 Å². The van der Waals surface area contributed by atoms with Gasteiger partial charge in [-0.15, -0.1) is 0 Å². The van der Waals surface area contributed by atoms with E-state index < -0.39 is 11.6 Å². The van der Waals surface area contributed by atoms with Gasteiger partial charge in [0.15, 0.2) is 0 Å². The average molecular weight is 280 g/mol. The molecule has 2 aromatic rings. The number of likely N-dealkylation sites (N-methyl/N-ethyl adjacent to an activating group) is 1. The highest BCUT2D eigenvalue weighted by atomic mass is 16.4. The lowest BCUT2D eigenvalue weighted by molar-refractivity contribution is -0.135. The number of phenolic OH excluding ortho intramolecular Hbond substituents is 1. The quantitative estimate of drug-likeness (QED) is 0.725. The van der Waals surface area contributed by atoms with Crippen LogP contribution in [0, 0.1) is 0 Å².